The third-order valence-electron chi connectivity index (χ3n) is 5.71. The van der Waals surface area contributed by atoms with Crippen molar-refractivity contribution >= 4 is 44.7 Å². The van der Waals surface area contributed by atoms with Crippen LogP contribution in [-0.2, 0) is 11.2 Å². The van der Waals surface area contributed by atoms with Gasteiger partial charge in [0.1, 0.15) is 11.4 Å². The SMILES string of the molecule is COc1ccc(C=C(NC(=O)c2ccc(Br)cc2)C(=O)NCCc2c(C)[nH]c3ccccc23)cc1. The van der Waals surface area contributed by atoms with E-state index in [-0.39, 0.29) is 17.5 Å². The molecule has 0 spiro atoms. The zero-order valence-electron chi connectivity index (χ0n) is 19.5. The molecule has 0 saturated carbocycles. The van der Waals surface area contributed by atoms with Gasteiger partial charge in [0.05, 0.1) is 7.11 Å². The molecule has 178 valence electrons. The normalized spacial score (nSPS) is 11.3. The van der Waals surface area contributed by atoms with Gasteiger partial charge in [-0.1, -0.05) is 46.3 Å². The number of hydrogen-bond donors (Lipinski definition) is 3. The maximum Gasteiger partial charge on any atom is 0.267 e. The standard InChI is InChI=1S/C28H26BrN3O3/c1-18-23(24-5-3-4-6-25(24)31-18)15-16-30-28(34)26(17-19-7-13-22(35-2)14-8-19)32-27(33)20-9-11-21(29)12-10-20/h3-14,17,31H,15-16H2,1-2H3,(H,30,34)(H,32,33). The van der Waals surface area contributed by atoms with Crippen LogP contribution >= 0.6 is 15.9 Å². The Morgan fingerprint density at radius 1 is 1.00 bits per heavy atom. The van der Waals surface area contributed by atoms with Crippen LogP contribution in [0.4, 0.5) is 0 Å². The van der Waals surface area contributed by atoms with Crippen LogP contribution in [0, 0.1) is 6.92 Å². The summed E-state index contributed by atoms with van der Waals surface area (Å²) < 4.78 is 6.08. The van der Waals surface area contributed by atoms with Crippen molar-refractivity contribution < 1.29 is 14.3 Å². The van der Waals surface area contributed by atoms with E-state index < -0.39 is 0 Å². The fourth-order valence-corrected chi connectivity index (χ4v) is 4.14. The van der Waals surface area contributed by atoms with Gasteiger partial charge in [0.25, 0.3) is 11.8 Å². The van der Waals surface area contributed by atoms with E-state index in [0.717, 1.165) is 26.6 Å². The summed E-state index contributed by atoms with van der Waals surface area (Å²) in [7, 11) is 1.59. The van der Waals surface area contributed by atoms with E-state index in [9.17, 15) is 9.59 Å². The van der Waals surface area contributed by atoms with Gasteiger partial charge in [0.2, 0.25) is 0 Å². The molecule has 6 nitrogen and oxygen atoms in total. The number of carbonyl (C=O) groups is 2. The number of aromatic amines is 1. The van der Waals surface area contributed by atoms with Crippen LogP contribution in [0.1, 0.15) is 27.2 Å². The Morgan fingerprint density at radius 2 is 1.71 bits per heavy atom. The number of ether oxygens (including phenoxy) is 1. The maximum absolute atomic E-state index is 13.1. The summed E-state index contributed by atoms with van der Waals surface area (Å²) in [6, 6.07) is 22.3. The summed E-state index contributed by atoms with van der Waals surface area (Å²) in [5, 5.41) is 6.88. The number of fused-ring (bicyclic) bond motifs is 1. The molecule has 0 bridgehead atoms. The number of methoxy groups -OCH3 is 1. The minimum Gasteiger partial charge on any atom is -0.497 e. The van der Waals surface area contributed by atoms with Gasteiger partial charge in [-0.25, -0.2) is 0 Å². The lowest BCUT2D eigenvalue weighted by molar-refractivity contribution is -0.117. The Labute approximate surface area is 212 Å². The summed E-state index contributed by atoms with van der Waals surface area (Å²) in [6.45, 7) is 2.46. The van der Waals surface area contributed by atoms with Crippen molar-refractivity contribution in [2.24, 2.45) is 0 Å². The number of benzene rings is 3. The highest BCUT2D eigenvalue weighted by molar-refractivity contribution is 9.10. The Kier molecular flexibility index (Phi) is 7.67. The molecule has 2 amide bonds. The molecule has 0 unspecified atom stereocenters. The molecule has 7 heteroatoms. The molecule has 0 aliphatic rings. The highest BCUT2D eigenvalue weighted by Crippen LogP contribution is 2.22. The quantitative estimate of drug-likeness (QED) is 0.267. The van der Waals surface area contributed by atoms with Crippen molar-refractivity contribution in [3.05, 3.63) is 105 Å². The van der Waals surface area contributed by atoms with E-state index in [0.29, 0.717) is 24.3 Å². The van der Waals surface area contributed by atoms with Gasteiger partial charge in [-0.3, -0.25) is 9.59 Å². The van der Waals surface area contributed by atoms with Crippen molar-refractivity contribution in [3.63, 3.8) is 0 Å². The van der Waals surface area contributed by atoms with Crippen LogP contribution in [-0.4, -0.2) is 30.5 Å². The van der Waals surface area contributed by atoms with Crippen LogP contribution < -0.4 is 15.4 Å². The van der Waals surface area contributed by atoms with Gasteiger partial charge < -0.3 is 20.4 Å². The minimum absolute atomic E-state index is 0.165. The van der Waals surface area contributed by atoms with Gasteiger partial charge in [-0.05, 0) is 73.0 Å². The van der Waals surface area contributed by atoms with E-state index in [2.05, 4.69) is 37.6 Å². The molecule has 4 aromatic rings. The summed E-state index contributed by atoms with van der Waals surface area (Å²) >= 11 is 3.37. The van der Waals surface area contributed by atoms with Crippen molar-refractivity contribution in [1.82, 2.24) is 15.6 Å². The first-order valence-corrected chi connectivity index (χ1v) is 12.0. The summed E-state index contributed by atoms with van der Waals surface area (Å²) in [5.74, 6) is -0.00944. The second-order valence-corrected chi connectivity index (χ2v) is 8.99. The monoisotopic (exact) mass is 531 g/mol. The lowest BCUT2D eigenvalue weighted by atomic mass is 10.1. The third kappa shape index (κ3) is 6.00. The highest BCUT2D eigenvalue weighted by atomic mass is 79.9. The predicted molar refractivity (Wildman–Crippen MR) is 142 cm³/mol. The number of rotatable bonds is 8. The number of para-hydroxylation sites is 1. The zero-order valence-corrected chi connectivity index (χ0v) is 21.1. The van der Waals surface area contributed by atoms with E-state index >= 15 is 0 Å². The molecule has 3 aromatic carbocycles. The van der Waals surface area contributed by atoms with Crippen molar-refractivity contribution in [2.75, 3.05) is 13.7 Å². The topological polar surface area (TPSA) is 83.2 Å². The van der Waals surface area contributed by atoms with Crippen LogP contribution in [0.2, 0.25) is 0 Å². The molecule has 0 aliphatic heterocycles. The van der Waals surface area contributed by atoms with Crippen molar-refractivity contribution in [1.29, 1.82) is 0 Å². The smallest absolute Gasteiger partial charge is 0.267 e. The molecular weight excluding hydrogens is 506 g/mol. The number of nitrogens with one attached hydrogen (secondary N) is 3. The fraction of sp³-hybridized carbons (Fsp3) is 0.143. The molecule has 35 heavy (non-hydrogen) atoms. The van der Waals surface area contributed by atoms with Gasteiger partial charge >= 0.3 is 0 Å². The lowest BCUT2D eigenvalue weighted by Crippen LogP contribution is -2.35. The molecule has 0 aliphatic carbocycles. The molecule has 1 aromatic heterocycles. The van der Waals surface area contributed by atoms with E-state index in [4.69, 9.17) is 4.74 Å². The number of amides is 2. The third-order valence-corrected chi connectivity index (χ3v) is 6.24. The molecule has 0 radical (unpaired) electrons. The summed E-state index contributed by atoms with van der Waals surface area (Å²) in [5.41, 5.74) is 4.71. The fourth-order valence-electron chi connectivity index (χ4n) is 3.87. The molecule has 0 atom stereocenters. The number of aromatic nitrogens is 1. The molecule has 0 fully saturated rings. The van der Waals surface area contributed by atoms with E-state index in [1.165, 1.54) is 5.56 Å². The van der Waals surface area contributed by atoms with Crippen LogP contribution in [0.15, 0.2) is 83.0 Å². The molecule has 1 heterocycles. The van der Waals surface area contributed by atoms with Gasteiger partial charge in [0, 0.05) is 33.2 Å². The second kappa shape index (κ2) is 11.1. The Balaban J connectivity index is 1.51. The maximum atomic E-state index is 13.1. The summed E-state index contributed by atoms with van der Waals surface area (Å²) in [6.07, 6.45) is 2.32. The molecular formula is C28H26BrN3O3. The number of aryl methyl sites for hydroxylation is 1. The average Bonchev–Trinajstić information content (AvgIpc) is 3.19. The zero-order chi connectivity index (χ0) is 24.8. The Morgan fingerprint density at radius 3 is 2.43 bits per heavy atom. The van der Waals surface area contributed by atoms with Crippen LogP contribution in [0.3, 0.4) is 0 Å². The molecule has 3 N–H and O–H groups in total. The lowest BCUT2D eigenvalue weighted by Gasteiger charge is -2.12. The highest BCUT2D eigenvalue weighted by Gasteiger charge is 2.15. The van der Waals surface area contributed by atoms with Crippen molar-refractivity contribution in [2.45, 2.75) is 13.3 Å². The first kappa shape index (κ1) is 24.3. The first-order valence-electron chi connectivity index (χ1n) is 11.2. The van der Waals surface area contributed by atoms with Crippen molar-refractivity contribution in [3.8, 4) is 5.75 Å². The largest absolute Gasteiger partial charge is 0.497 e. The average molecular weight is 532 g/mol. The number of halogens is 1. The number of hydrogen-bond acceptors (Lipinski definition) is 3. The number of carbonyl (C=O) groups excluding carboxylic acids is 2. The molecule has 4 rings (SSSR count). The van der Waals surface area contributed by atoms with Gasteiger partial charge in [-0.2, -0.15) is 0 Å². The van der Waals surface area contributed by atoms with E-state index in [1.54, 1.807) is 49.6 Å². The first-order chi connectivity index (χ1) is 16.9. The van der Waals surface area contributed by atoms with Gasteiger partial charge in [-0.15, -0.1) is 0 Å². The van der Waals surface area contributed by atoms with Gasteiger partial charge in [0.15, 0.2) is 0 Å². The minimum atomic E-state index is -0.361. The number of H-pyrrole nitrogens is 1. The van der Waals surface area contributed by atoms with Crippen LogP contribution in [0.25, 0.3) is 17.0 Å². The molecule has 0 saturated heterocycles. The summed E-state index contributed by atoms with van der Waals surface area (Å²) in [4.78, 5) is 29.4. The second-order valence-electron chi connectivity index (χ2n) is 8.07. The Hall–Kier alpha value is -3.84. The van der Waals surface area contributed by atoms with E-state index in [1.807, 2.05) is 37.3 Å². The van der Waals surface area contributed by atoms with Crippen LogP contribution in [0.5, 0.6) is 5.75 Å². The Bertz CT molecular complexity index is 1370. The predicted octanol–water partition coefficient (Wildman–Crippen LogP) is 5.38.